The predicted molar refractivity (Wildman–Crippen MR) is 83.5 cm³/mol. The Kier molecular flexibility index (Phi) is 5.54. The predicted octanol–water partition coefficient (Wildman–Crippen LogP) is 0.921. The third-order valence-corrected chi connectivity index (χ3v) is 6.92. The lowest BCUT2D eigenvalue weighted by Gasteiger charge is -2.41. The number of hydrogen-bond acceptors (Lipinski definition) is 6. The standard InChI is InChI=1S/C13H21N3O4S2/c1-3-11-14-7-13(21-11)22(19,20)15-9-5-10(6-9)16(4-2)8-12(17)18/h7,9-10,15H,3-6,8H2,1-2H3,(H,17,18). The number of carboxylic acids is 1. The number of sulfonamides is 1. The van der Waals surface area contributed by atoms with Crippen LogP contribution in [0, 0.1) is 0 Å². The van der Waals surface area contributed by atoms with Crippen LogP contribution in [0.3, 0.4) is 0 Å². The number of aromatic nitrogens is 1. The van der Waals surface area contributed by atoms with Crippen LogP contribution in [-0.4, -0.2) is 54.6 Å². The smallest absolute Gasteiger partial charge is 0.317 e. The molecule has 1 aliphatic carbocycles. The van der Waals surface area contributed by atoms with Crippen LogP contribution in [0.2, 0.25) is 0 Å². The summed E-state index contributed by atoms with van der Waals surface area (Å²) in [4.78, 5) is 16.7. The van der Waals surface area contributed by atoms with Gasteiger partial charge in [-0.05, 0) is 25.8 Å². The Morgan fingerprint density at radius 2 is 2.18 bits per heavy atom. The van der Waals surface area contributed by atoms with E-state index in [0.29, 0.717) is 25.8 Å². The first-order valence-electron chi connectivity index (χ1n) is 7.28. The summed E-state index contributed by atoms with van der Waals surface area (Å²) in [5, 5.41) is 9.65. The number of carboxylic acid groups (broad SMARTS) is 1. The molecule has 0 spiro atoms. The van der Waals surface area contributed by atoms with Crippen LogP contribution in [0.15, 0.2) is 10.4 Å². The van der Waals surface area contributed by atoms with E-state index in [2.05, 4.69) is 9.71 Å². The maximum absolute atomic E-state index is 12.2. The van der Waals surface area contributed by atoms with Crippen molar-refractivity contribution in [1.29, 1.82) is 0 Å². The Balaban J connectivity index is 1.90. The summed E-state index contributed by atoms with van der Waals surface area (Å²) in [6.45, 7) is 4.48. The van der Waals surface area contributed by atoms with Crippen molar-refractivity contribution in [3.63, 3.8) is 0 Å². The molecule has 22 heavy (non-hydrogen) atoms. The summed E-state index contributed by atoms with van der Waals surface area (Å²) in [6, 6.07) is -0.00788. The van der Waals surface area contributed by atoms with Crippen LogP contribution in [0.5, 0.6) is 0 Å². The number of rotatable bonds is 8. The van der Waals surface area contributed by atoms with Gasteiger partial charge in [-0.15, -0.1) is 11.3 Å². The van der Waals surface area contributed by atoms with E-state index in [1.165, 1.54) is 17.5 Å². The van der Waals surface area contributed by atoms with E-state index in [0.717, 1.165) is 5.01 Å². The van der Waals surface area contributed by atoms with Gasteiger partial charge in [0.05, 0.1) is 17.7 Å². The second-order valence-electron chi connectivity index (χ2n) is 5.33. The molecule has 1 fully saturated rings. The molecular weight excluding hydrogens is 326 g/mol. The van der Waals surface area contributed by atoms with E-state index in [4.69, 9.17) is 5.11 Å². The SMILES string of the molecule is CCc1ncc(S(=O)(=O)NC2CC(N(CC)CC(=O)O)C2)s1. The van der Waals surface area contributed by atoms with Gasteiger partial charge in [0.25, 0.3) is 10.0 Å². The van der Waals surface area contributed by atoms with Crippen molar-refractivity contribution in [3.8, 4) is 0 Å². The molecule has 0 saturated heterocycles. The zero-order valence-corrected chi connectivity index (χ0v) is 14.3. The van der Waals surface area contributed by atoms with Crippen molar-refractivity contribution in [2.24, 2.45) is 0 Å². The number of thiazole rings is 1. The van der Waals surface area contributed by atoms with Crippen LogP contribution >= 0.6 is 11.3 Å². The highest BCUT2D eigenvalue weighted by molar-refractivity contribution is 7.91. The molecule has 0 radical (unpaired) electrons. The first kappa shape index (κ1) is 17.3. The van der Waals surface area contributed by atoms with Gasteiger partial charge in [-0.3, -0.25) is 9.69 Å². The van der Waals surface area contributed by atoms with E-state index in [1.807, 2.05) is 18.7 Å². The third-order valence-electron chi connectivity index (χ3n) is 3.80. The Labute approximate surface area is 134 Å². The van der Waals surface area contributed by atoms with Crippen LogP contribution in [0.25, 0.3) is 0 Å². The minimum Gasteiger partial charge on any atom is -0.480 e. The lowest BCUT2D eigenvalue weighted by atomic mass is 9.86. The first-order chi connectivity index (χ1) is 10.4. The molecule has 0 aromatic carbocycles. The van der Waals surface area contributed by atoms with Gasteiger partial charge in [0, 0.05) is 12.1 Å². The molecule has 1 heterocycles. The number of nitrogens with zero attached hydrogens (tertiary/aromatic N) is 2. The van der Waals surface area contributed by atoms with Gasteiger partial charge in [-0.2, -0.15) is 0 Å². The average molecular weight is 347 g/mol. The van der Waals surface area contributed by atoms with Gasteiger partial charge >= 0.3 is 5.97 Å². The lowest BCUT2D eigenvalue weighted by Crippen LogP contribution is -2.54. The van der Waals surface area contributed by atoms with Crippen molar-refractivity contribution in [2.45, 2.75) is 49.4 Å². The van der Waals surface area contributed by atoms with Crippen molar-refractivity contribution in [3.05, 3.63) is 11.2 Å². The van der Waals surface area contributed by atoms with Crippen molar-refractivity contribution in [1.82, 2.24) is 14.6 Å². The van der Waals surface area contributed by atoms with Crippen molar-refractivity contribution in [2.75, 3.05) is 13.1 Å². The molecule has 0 bridgehead atoms. The minimum absolute atomic E-state index is 0.00462. The molecule has 2 N–H and O–H groups in total. The molecule has 1 saturated carbocycles. The Hall–Kier alpha value is -1.03. The van der Waals surface area contributed by atoms with E-state index in [1.54, 1.807) is 0 Å². The maximum atomic E-state index is 12.2. The maximum Gasteiger partial charge on any atom is 0.317 e. The molecular formula is C13H21N3O4S2. The Bertz CT molecular complexity index is 623. The summed E-state index contributed by atoms with van der Waals surface area (Å²) in [7, 11) is -3.52. The summed E-state index contributed by atoms with van der Waals surface area (Å²) in [5.74, 6) is -0.859. The second-order valence-corrected chi connectivity index (χ2v) is 8.38. The third kappa shape index (κ3) is 4.03. The quantitative estimate of drug-likeness (QED) is 0.725. The molecule has 124 valence electrons. The molecule has 0 unspecified atom stereocenters. The van der Waals surface area contributed by atoms with Gasteiger partial charge in [-0.1, -0.05) is 13.8 Å². The summed E-state index contributed by atoms with van der Waals surface area (Å²) in [6.07, 6.45) is 3.39. The molecule has 1 aliphatic rings. The van der Waals surface area contributed by atoms with Gasteiger partial charge in [-0.25, -0.2) is 18.1 Å². The molecule has 0 amide bonds. The fourth-order valence-corrected chi connectivity index (χ4v) is 4.91. The second kappa shape index (κ2) is 7.03. The molecule has 7 nitrogen and oxygen atoms in total. The van der Waals surface area contributed by atoms with Gasteiger partial charge < -0.3 is 5.11 Å². The summed E-state index contributed by atoms with van der Waals surface area (Å²) < 4.78 is 27.4. The molecule has 2 rings (SSSR count). The number of aryl methyl sites for hydroxylation is 1. The van der Waals surface area contributed by atoms with E-state index in [-0.39, 0.29) is 22.8 Å². The molecule has 1 aromatic rings. The fraction of sp³-hybridized carbons (Fsp3) is 0.692. The normalized spacial score (nSPS) is 21.8. The van der Waals surface area contributed by atoms with Gasteiger partial charge in [0.1, 0.15) is 0 Å². The Morgan fingerprint density at radius 3 is 2.68 bits per heavy atom. The molecule has 0 atom stereocenters. The number of aliphatic carboxylic acids is 1. The van der Waals surface area contributed by atoms with E-state index < -0.39 is 16.0 Å². The van der Waals surface area contributed by atoms with Crippen LogP contribution in [0.1, 0.15) is 31.7 Å². The van der Waals surface area contributed by atoms with E-state index in [9.17, 15) is 13.2 Å². The summed E-state index contributed by atoms with van der Waals surface area (Å²) >= 11 is 1.19. The van der Waals surface area contributed by atoms with Gasteiger partial charge in [0.15, 0.2) is 4.21 Å². The van der Waals surface area contributed by atoms with Crippen LogP contribution in [-0.2, 0) is 21.2 Å². The minimum atomic E-state index is -3.52. The highest BCUT2D eigenvalue weighted by Crippen LogP contribution is 2.28. The van der Waals surface area contributed by atoms with Crippen molar-refractivity contribution < 1.29 is 18.3 Å². The Morgan fingerprint density at radius 1 is 1.50 bits per heavy atom. The largest absolute Gasteiger partial charge is 0.480 e. The molecule has 1 aromatic heterocycles. The number of likely N-dealkylation sites (N-methyl/N-ethyl adjacent to an activating group) is 1. The highest BCUT2D eigenvalue weighted by atomic mass is 32.2. The lowest BCUT2D eigenvalue weighted by molar-refractivity contribution is -0.139. The zero-order chi connectivity index (χ0) is 16.3. The topological polar surface area (TPSA) is 99.6 Å². The zero-order valence-electron chi connectivity index (χ0n) is 12.7. The molecule has 9 heteroatoms. The number of hydrogen-bond donors (Lipinski definition) is 2. The first-order valence-corrected chi connectivity index (χ1v) is 9.58. The highest BCUT2D eigenvalue weighted by Gasteiger charge is 2.36. The molecule has 0 aliphatic heterocycles. The fourth-order valence-electron chi connectivity index (χ4n) is 2.51. The van der Waals surface area contributed by atoms with Crippen LogP contribution in [0.4, 0.5) is 0 Å². The number of carbonyl (C=O) groups is 1. The monoisotopic (exact) mass is 347 g/mol. The number of nitrogens with one attached hydrogen (secondary N) is 1. The van der Waals surface area contributed by atoms with Crippen LogP contribution < -0.4 is 4.72 Å². The summed E-state index contributed by atoms with van der Waals surface area (Å²) in [5.41, 5.74) is 0. The average Bonchev–Trinajstić information content (AvgIpc) is 2.89. The van der Waals surface area contributed by atoms with Gasteiger partial charge in [0.2, 0.25) is 0 Å². The van der Waals surface area contributed by atoms with E-state index >= 15 is 0 Å². The van der Waals surface area contributed by atoms with Crippen molar-refractivity contribution >= 4 is 27.3 Å².